The summed E-state index contributed by atoms with van der Waals surface area (Å²) in [5.41, 5.74) is 3.48. The minimum atomic E-state index is -0.740. The van der Waals surface area contributed by atoms with Crippen LogP contribution in [0.25, 0.3) is 16.3 Å². The molecule has 2 heterocycles. The van der Waals surface area contributed by atoms with E-state index in [9.17, 15) is 9.59 Å². The molecule has 0 aliphatic rings. The van der Waals surface area contributed by atoms with Crippen LogP contribution in [0.5, 0.6) is 0 Å². The number of thiazole rings is 1. The van der Waals surface area contributed by atoms with Crippen LogP contribution in [0, 0.1) is 6.92 Å². The third-order valence-corrected chi connectivity index (χ3v) is 5.59. The van der Waals surface area contributed by atoms with Crippen molar-refractivity contribution in [3.05, 3.63) is 70.2 Å². The Labute approximate surface area is 181 Å². The third-order valence-electron chi connectivity index (χ3n) is 4.49. The van der Waals surface area contributed by atoms with Crippen molar-refractivity contribution in [1.29, 1.82) is 0 Å². The van der Waals surface area contributed by atoms with Gasteiger partial charge in [0.05, 0.1) is 5.69 Å². The zero-order chi connectivity index (χ0) is 21.1. The molecule has 0 fully saturated rings. The second-order valence-corrected chi connectivity index (χ2v) is 7.92. The lowest BCUT2D eigenvalue weighted by Crippen LogP contribution is -2.36. The van der Waals surface area contributed by atoms with E-state index in [0.29, 0.717) is 29.5 Å². The molecule has 2 aromatic carbocycles. The standard InChI is InChI=1S/C21H18ClN5O2S/c1-13-5-2-3-8-17(13)18-25-21-27(26-18)16(12-30-21)9-10-23-19(28)20(29)24-15-7-4-6-14(22)11-15/h2-8,11-12H,9-10H2,1H3,(H,23,28)(H,24,29). The molecule has 0 saturated carbocycles. The van der Waals surface area contributed by atoms with Crippen LogP contribution in [0.4, 0.5) is 5.69 Å². The number of benzene rings is 2. The first-order valence-corrected chi connectivity index (χ1v) is 10.5. The number of rotatable bonds is 5. The first kappa shape index (κ1) is 20.1. The normalized spacial score (nSPS) is 10.9. The Balaban J connectivity index is 1.37. The molecule has 0 atom stereocenters. The van der Waals surface area contributed by atoms with Gasteiger partial charge >= 0.3 is 11.8 Å². The fraction of sp³-hybridized carbons (Fsp3) is 0.143. The van der Waals surface area contributed by atoms with Crippen molar-refractivity contribution >= 4 is 45.4 Å². The van der Waals surface area contributed by atoms with Gasteiger partial charge in [0.2, 0.25) is 4.96 Å². The van der Waals surface area contributed by atoms with Crippen molar-refractivity contribution in [2.45, 2.75) is 13.3 Å². The number of aromatic nitrogens is 3. The van der Waals surface area contributed by atoms with E-state index in [4.69, 9.17) is 11.6 Å². The smallest absolute Gasteiger partial charge is 0.313 e. The first-order chi connectivity index (χ1) is 14.5. The number of hydrogen-bond donors (Lipinski definition) is 2. The number of aryl methyl sites for hydroxylation is 1. The van der Waals surface area contributed by atoms with Crippen LogP contribution in [-0.4, -0.2) is 33.0 Å². The highest BCUT2D eigenvalue weighted by atomic mass is 35.5. The summed E-state index contributed by atoms with van der Waals surface area (Å²) >= 11 is 7.37. The van der Waals surface area contributed by atoms with Gasteiger partial charge in [-0.3, -0.25) is 9.59 Å². The molecular formula is C21H18ClN5O2S. The van der Waals surface area contributed by atoms with Gasteiger partial charge in [-0.2, -0.15) is 4.98 Å². The van der Waals surface area contributed by atoms with Gasteiger partial charge < -0.3 is 10.6 Å². The molecule has 2 N–H and O–H groups in total. The number of fused-ring (bicyclic) bond motifs is 1. The Kier molecular flexibility index (Phi) is 5.78. The summed E-state index contributed by atoms with van der Waals surface area (Å²) in [5, 5.41) is 12.2. The number of nitrogens with zero attached hydrogens (tertiary/aromatic N) is 3. The zero-order valence-corrected chi connectivity index (χ0v) is 17.6. The van der Waals surface area contributed by atoms with Gasteiger partial charge in [0, 0.05) is 34.6 Å². The average molecular weight is 440 g/mol. The monoisotopic (exact) mass is 439 g/mol. The summed E-state index contributed by atoms with van der Waals surface area (Å²) < 4.78 is 1.78. The summed E-state index contributed by atoms with van der Waals surface area (Å²) in [5.74, 6) is -0.776. The van der Waals surface area contributed by atoms with Gasteiger partial charge in [-0.05, 0) is 30.7 Å². The van der Waals surface area contributed by atoms with Crippen LogP contribution >= 0.6 is 22.9 Å². The topological polar surface area (TPSA) is 88.4 Å². The highest BCUT2D eigenvalue weighted by molar-refractivity contribution is 7.15. The fourth-order valence-corrected chi connectivity index (χ4v) is 4.02. The lowest BCUT2D eigenvalue weighted by Gasteiger charge is -2.06. The van der Waals surface area contributed by atoms with Crippen molar-refractivity contribution in [2.24, 2.45) is 0 Å². The maximum absolute atomic E-state index is 12.1. The Morgan fingerprint density at radius 1 is 1.13 bits per heavy atom. The lowest BCUT2D eigenvalue weighted by atomic mass is 10.1. The maximum Gasteiger partial charge on any atom is 0.313 e. The third kappa shape index (κ3) is 4.34. The number of hydrogen-bond acceptors (Lipinski definition) is 5. The number of carbonyl (C=O) groups excluding carboxylic acids is 2. The largest absolute Gasteiger partial charge is 0.347 e. The van der Waals surface area contributed by atoms with Crippen LogP contribution in [0.1, 0.15) is 11.3 Å². The number of anilines is 1. The predicted molar refractivity (Wildman–Crippen MR) is 118 cm³/mol. The summed E-state index contributed by atoms with van der Waals surface area (Å²) in [6, 6.07) is 14.6. The van der Waals surface area contributed by atoms with E-state index >= 15 is 0 Å². The van der Waals surface area contributed by atoms with Gasteiger partial charge in [0.15, 0.2) is 5.82 Å². The molecule has 0 aliphatic heterocycles. The quantitative estimate of drug-likeness (QED) is 0.464. The van der Waals surface area contributed by atoms with E-state index < -0.39 is 11.8 Å². The molecule has 2 amide bonds. The summed E-state index contributed by atoms with van der Waals surface area (Å²) in [4.78, 5) is 29.5. The average Bonchev–Trinajstić information content (AvgIpc) is 3.30. The highest BCUT2D eigenvalue weighted by Crippen LogP contribution is 2.23. The molecule has 4 aromatic rings. The van der Waals surface area contributed by atoms with Crippen molar-refractivity contribution in [2.75, 3.05) is 11.9 Å². The molecule has 0 aliphatic carbocycles. The van der Waals surface area contributed by atoms with E-state index in [-0.39, 0.29) is 0 Å². The lowest BCUT2D eigenvalue weighted by molar-refractivity contribution is -0.136. The van der Waals surface area contributed by atoms with Gasteiger partial charge in [0.1, 0.15) is 0 Å². The SMILES string of the molecule is Cc1ccccc1-c1nc2scc(CCNC(=O)C(=O)Nc3cccc(Cl)c3)n2n1. The molecule has 9 heteroatoms. The van der Waals surface area contributed by atoms with Crippen LogP contribution in [0.15, 0.2) is 53.9 Å². The minimum Gasteiger partial charge on any atom is -0.347 e. The van der Waals surface area contributed by atoms with Crippen LogP contribution in [-0.2, 0) is 16.0 Å². The van der Waals surface area contributed by atoms with E-state index in [1.165, 1.54) is 11.3 Å². The molecule has 0 saturated heterocycles. The van der Waals surface area contributed by atoms with E-state index in [1.54, 1.807) is 28.8 Å². The fourth-order valence-electron chi connectivity index (χ4n) is 2.97. The van der Waals surface area contributed by atoms with Crippen molar-refractivity contribution in [3.8, 4) is 11.4 Å². The summed E-state index contributed by atoms with van der Waals surface area (Å²) in [6.45, 7) is 2.32. The van der Waals surface area contributed by atoms with Gasteiger partial charge in [-0.15, -0.1) is 16.4 Å². The predicted octanol–water partition coefficient (Wildman–Crippen LogP) is 3.72. The number of amides is 2. The number of nitrogens with one attached hydrogen (secondary N) is 2. The van der Waals surface area contributed by atoms with E-state index in [2.05, 4.69) is 20.7 Å². The van der Waals surface area contributed by atoms with Gasteiger partial charge in [-0.25, -0.2) is 4.52 Å². The number of carbonyl (C=O) groups is 2. The Morgan fingerprint density at radius 3 is 2.77 bits per heavy atom. The molecule has 0 unspecified atom stereocenters. The summed E-state index contributed by atoms with van der Waals surface area (Å²) in [6.07, 6.45) is 0.521. The van der Waals surface area contributed by atoms with Crippen LogP contribution in [0.2, 0.25) is 5.02 Å². The maximum atomic E-state index is 12.1. The van der Waals surface area contributed by atoms with Crippen LogP contribution in [0.3, 0.4) is 0 Å². The summed E-state index contributed by atoms with van der Waals surface area (Å²) in [7, 11) is 0. The Morgan fingerprint density at radius 2 is 1.97 bits per heavy atom. The molecule has 152 valence electrons. The molecule has 4 rings (SSSR count). The Hall–Kier alpha value is -3.23. The van der Waals surface area contributed by atoms with Crippen molar-refractivity contribution in [3.63, 3.8) is 0 Å². The van der Waals surface area contributed by atoms with Gasteiger partial charge in [0.25, 0.3) is 0 Å². The highest BCUT2D eigenvalue weighted by Gasteiger charge is 2.15. The molecular weight excluding hydrogens is 422 g/mol. The Bertz CT molecular complexity index is 1230. The number of halogens is 1. The first-order valence-electron chi connectivity index (χ1n) is 9.25. The van der Waals surface area contributed by atoms with Gasteiger partial charge in [-0.1, -0.05) is 41.9 Å². The molecule has 2 aromatic heterocycles. The molecule has 7 nitrogen and oxygen atoms in total. The van der Waals surface area contributed by atoms with E-state index in [0.717, 1.165) is 21.8 Å². The van der Waals surface area contributed by atoms with E-state index in [1.807, 2.05) is 36.6 Å². The second-order valence-electron chi connectivity index (χ2n) is 6.64. The van der Waals surface area contributed by atoms with Crippen molar-refractivity contribution < 1.29 is 9.59 Å². The minimum absolute atomic E-state index is 0.299. The second kappa shape index (κ2) is 8.64. The molecule has 0 radical (unpaired) electrons. The molecule has 0 spiro atoms. The molecule has 0 bridgehead atoms. The molecule has 30 heavy (non-hydrogen) atoms. The zero-order valence-electron chi connectivity index (χ0n) is 16.1. The van der Waals surface area contributed by atoms with Crippen molar-refractivity contribution in [1.82, 2.24) is 19.9 Å². The van der Waals surface area contributed by atoms with Crippen LogP contribution < -0.4 is 10.6 Å².